The molecule has 0 amide bonds. The van der Waals surface area contributed by atoms with Gasteiger partial charge in [0.1, 0.15) is 0 Å². The van der Waals surface area contributed by atoms with Gasteiger partial charge in [-0.05, 0) is 19.3 Å². The van der Waals surface area contributed by atoms with Crippen molar-refractivity contribution in [3.05, 3.63) is 0 Å². The minimum absolute atomic E-state index is 0.212. The molecule has 3 nitrogen and oxygen atoms in total. The Morgan fingerprint density at radius 3 is 2.12 bits per heavy atom. The molecule has 1 heterocycles. The summed E-state index contributed by atoms with van der Waals surface area (Å²) in [6.45, 7) is 15.9. The van der Waals surface area contributed by atoms with Crippen LogP contribution in [-0.4, -0.2) is 54.6 Å². The molecule has 1 aliphatic rings. The molecule has 0 aliphatic carbocycles. The maximum absolute atomic E-state index is 5.91. The van der Waals surface area contributed by atoms with E-state index in [1.165, 1.54) is 32.7 Å². The Labute approximate surface area is 101 Å². The van der Waals surface area contributed by atoms with E-state index in [0.717, 1.165) is 18.9 Å². The van der Waals surface area contributed by atoms with Crippen LogP contribution >= 0.6 is 0 Å². The van der Waals surface area contributed by atoms with Crippen molar-refractivity contribution in [3.63, 3.8) is 0 Å². The summed E-state index contributed by atoms with van der Waals surface area (Å²) < 4.78 is 0. The van der Waals surface area contributed by atoms with Gasteiger partial charge in [0, 0.05) is 44.8 Å². The summed E-state index contributed by atoms with van der Waals surface area (Å²) in [6, 6.07) is 0. The molecule has 0 radical (unpaired) electrons. The molecule has 0 spiro atoms. The van der Waals surface area contributed by atoms with Crippen LogP contribution in [0.4, 0.5) is 0 Å². The summed E-state index contributed by atoms with van der Waals surface area (Å²) in [7, 11) is 0. The molecule has 2 N–H and O–H groups in total. The van der Waals surface area contributed by atoms with E-state index in [2.05, 4.69) is 37.5 Å². The van der Waals surface area contributed by atoms with Gasteiger partial charge in [0.25, 0.3) is 0 Å². The van der Waals surface area contributed by atoms with E-state index >= 15 is 0 Å². The quantitative estimate of drug-likeness (QED) is 0.770. The molecule has 1 aliphatic heterocycles. The third kappa shape index (κ3) is 3.44. The molecule has 1 saturated heterocycles. The second kappa shape index (κ2) is 5.99. The van der Waals surface area contributed by atoms with E-state index in [9.17, 15) is 0 Å². The van der Waals surface area contributed by atoms with Crippen molar-refractivity contribution in [3.8, 4) is 0 Å². The smallest absolute Gasteiger partial charge is 0.0302 e. The SMILES string of the molecule is CCC(C)(CN)N1CCN(CC(C)C)CC1. The number of piperazine rings is 1. The monoisotopic (exact) mass is 227 g/mol. The van der Waals surface area contributed by atoms with E-state index < -0.39 is 0 Å². The molecular formula is C13H29N3. The normalized spacial score (nSPS) is 23.6. The first kappa shape index (κ1) is 13.9. The van der Waals surface area contributed by atoms with E-state index in [-0.39, 0.29) is 5.54 Å². The molecule has 0 bridgehead atoms. The highest BCUT2D eigenvalue weighted by atomic mass is 15.3. The number of rotatable bonds is 5. The van der Waals surface area contributed by atoms with Gasteiger partial charge >= 0.3 is 0 Å². The molecule has 0 aromatic carbocycles. The van der Waals surface area contributed by atoms with Crippen LogP contribution in [0.1, 0.15) is 34.1 Å². The van der Waals surface area contributed by atoms with Crippen molar-refractivity contribution >= 4 is 0 Å². The molecule has 0 aromatic heterocycles. The highest BCUT2D eigenvalue weighted by Gasteiger charge is 2.31. The average molecular weight is 227 g/mol. The van der Waals surface area contributed by atoms with Gasteiger partial charge in [0.15, 0.2) is 0 Å². The number of nitrogens with zero attached hydrogens (tertiary/aromatic N) is 2. The third-order valence-corrected chi connectivity index (χ3v) is 3.96. The van der Waals surface area contributed by atoms with Gasteiger partial charge in [-0.1, -0.05) is 20.8 Å². The predicted molar refractivity (Wildman–Crippen MR) is 70.6 cm³/mol. The first-order chi connectivity index (χ1) is 7.51. The van der Waals surface area contributed by atoms with Crippen LogP contribution in [0.25, 0.3) is 0 Å². The van der Waals surface area contributed by atoms with Crippen LogP contribution in [0, 0.1) is 5.92 Å². The molecule has 1 rings (SSSR count). The summed E-state index contributed by atoms with van der Waals surface area (Å²) in [4.78, 5) is 5.15. The molecule has 3 heteroatoms. The number of hydrogen-bond acceptors (Lipinski definition) is 3. The number of hydrogen-bond donors (Lipinski definition) is 1. The average Bonchev–Trinajstić information content (AvgIpc) is 2.28. The molecule has 1 atom stereocenters. The Hall–Kier alpha value is -0.120. The van der Waals surface area contributed by atoms with Crippen molar-refractivity contribution in [1.82, 2.24) is 9.80 Å². The van der Waals surface area contributed by atoms with Gasteiger partial charge in [-0.15, -0.1) is 0 Å². The Morgan fingerprint density at radius 1 is 1.19 bits per heavy atom. The Balaban J connectivity index is 2.42. The van der Waals surface area contributed by atoms with Crippen molar-refractivity contribution in [1.29, 1.82) is 0 Å². The van der Waals surface area contributed by atoms with Crippen LogP contribution in [0.5, 0.6) is 0 Å². The zero-order valence-corrected chi connectivity index (χ0v) is 11.5. The van der Waals surface area contributed by atoms with Crippen molar-refractivity contribution < 1.29 is 0 Å². The Bertz CT molecular complexity index is 191. The Kier molecular flexibility index (Phi) is 5.22. The van der Waals surface area contributed by atoms with Gasteiger partial charge in [-0.25, -0.2) is 0 Å². The van der Waals surface area contributed by atoms with Crippen LogP contribution in [0.15, 0.2) is 0 Å². The standard InChI is InChI=1S/C13H29N3/c1-5-13(4,11-14)16-8-6-15(7-9-16)10-12(2)3/h12H,5-11,14H2,1-4H3. The van der Waals surface area contributed by atoms with Crippen LogP contribution < -0.4 is 5.73 Å². The van der Waals surface area contributed by atoms with Gasteiger partial charge in [-0.2, -0.15) is 0 Å². The van der Waals surface area contributed by atoms with Gasteiger partial charge in [0.2, 0.25) is 0 Å². The summed E-state index contributed by atoms with van der Waals surface area (Å²) in [5.74, 6) is 0.776. The highest BCUT2D eigenvalue weighted by molar-refractivity contribution is 4.89. The van der Waals surface area contributed by atoms with Crippen LogP contribution in [0.3, 0.4) is 0 Å². The predicted octanol–water partition coefficient (Wildman–Crippen LogP) is 1.39. The molecular weight excluding hydrogens is 198 g/mol. The summed E-state index contributed by atoms with van der Waals surface area (Å²) >= 11 is 0. The second-order valence-corrected chi connectivity index (χ2v) is 5.74. The lowest BCUT2D eigenvalue weighted by Gasteiger charge is -2.45. The van der Waals surface area contributed by atoms with Crippen molar-refractivity contribution in [2.24, 2.45) is 11.7 Å². The fraction of sp³-hybridized carbons (Fsp3) is 1.00. The first-order valence-corrected chi connectivity index (χ1v) is 6.69. The summed E-state index contributed by atoms with van der Waals surface area (Å²) in [5.41, 5.74) is 6.12. The number of nitrogens with two attached hydrogens (primary N) is 1. The zero-order chi connectivity index (χ0) is 12.2. The molecule has 96 valence electrons. The fourth-order valence-corrected chi connectivity index (χ4v) is 2.48. The minimum Gasteiger partial charge on any atom is -0.329 e. The topological polar surface area (TPSA) is 32.5 Å². The lowest BCUT2D eigenvalue weighted by molar-refractivity contribution is 0.0403. The largest absolute Gasteiger partial charge is 0.329 e. The maximum atomic E-state index is 5.91. The summed E-state index contributed by atoms with van der Waals surface area (Å²) in [5, 5.41) is 0. The van der Waals surface area contributed by atoms with Gasteiger partial charge in [-0.3, -0.25) is 4.90 Å². The molecule has 0 aromatic rings. The van der Waals surface area contributed by atoms with E-state index in [0.29, 0.717) is 0 Å². The van der Waals surface area contributed by atoms with Gasteiger partial charge in [0.05, 0.1) is 0 Å². The fourth-order valence-electron chi connectivity index (χ4n) is 2.48. The lowest BCUT2D eigenvalue weighted by atomic mass is 9.95. The third-order valence-electron chi connectivity index (χ3n) is 3.96. The maximum Gasteiger partial charge on any atom is 0.0302 e. The van der Waals surface area contributed by atoms with E-state index in [1.807, 2.05) is 0 Å². The Morgan fingerprint density at radius 2 is 1.75 bits per heavy atom. The highest BCUT2D eigenvalue weighted by Crippen LogP contribution is 2.20. The minimum atomic E-state index is 0.212. The second-order valence-electron chi connectivity index (χ2n) is 5.74. The molecule has 16 heavy (non-hydrogen) atoms. The molecule has 1 unspecified atom stereocenters. The van der Waals surface area contributed by atoms with Crippen molar-refractivity contribution in [2.75, 3.05) is 39.3 Å². The van der Waals surface area contributed by atoms with Crippen LogP contribution in [0.2, 0.25) is 0 Å². The summed E-state index contributed by atoms with van der Waals surface area (Å²) in [6.07, 6.45) is 1.15. The lowest BCUT2D eigenvalue weighted by Crippen LogP contribution is -2.58. The van der Waals surface area contributed by atoms with Crippen molar-refractivity contribution in [2.45, 2.75) is 39.7 Å². The molecule has 1 fully saturated rings. The zero-order valence-electron chi connectivity index (χ0n) is 11.5. The van der Waals surface area contributed by atoms with E-state index in [1.54, 1.807) is 0 Å². The molecule has 0 saturated carbocycles. The van der Waals surface area contributed by atoms with Crippen LogP contribution in [-0.2, 0) is 0 Å². The van der Waals surface area contributed by atoms with E-state index in [4.69, 9.17) is 5.73 Å². The van der Waals surface area contributed by atoms with Gasteiger partial charge < -0.3 is 10.6 Å². The first-order valence-electron chi connectivity index (χ1n) is 6.69.